The number of hydrogen-bond acceptors (Lipinski definition) is 4. The van der Waals surface area contributed by atoms with Gasteiger partial charge in [-0.3, -0.25) is 4.68 Å². The fourth-order valence-electron chi connectivity index (χ4n) is 1.86. The number of benzene rings is 1. The fourth-order valence-corrected chi connectivity index (χ4v) is 3.17. The summed E-state index contributed by atoms with van der Waals surface area (Å²) in [5.74, 6) is 0. The van der Waals surface area contributed by atoms with E-state index in [0.717, 1.165) is 5.56 Å². The van der Waals surface area contributed by atoms with Gasteiger partial charge in [0, 0.05) is 23.8 Å². The van der Waals surface area contributed by atoms with Crippen molar-refractivity contribution in [3.05, 3.63) is 47.2 Å². The lowest BCUT2D eigenvalue weighted by Gasteiger charge is -2.13. The molecule has 114 valence electrons. The smallest absolute Gasteiger partial charge is 0.244 e. The van der Waals surface area contributed by atoms with Crippen LogP contribution in [0.5, 0.6) is 0 Å². The molecule has 1 unspecified atom stereocenters. The average Bonchev–Trinajstić information content (AvgIpc) is 2.89. The molecule has 0 saturated carbocycles. The molecule has 1 aromatic heterocycles. The third-order valence-corrected chi connectivity index (χ3v) is 4.73. The summed E-state index contributed by atoms with van der Waals surface area (Å²) >= 11 is 5.82. The topological polar surface area (TPSA) is 90.0 Å². The molecule has 0 spiro atoms. The van der Waals surface area contributed by atoms with E-state index in [0.29, 0.717) is 18.1 Å². The van der Waals surface area contributed by atoms with Crippen molar-refractivity contribution in [3.63, 3.8) is 0 Å². The van der Waals surface area contributed by atoms with E-state index in [1.807, 2.05) is 0 Å². The van der Waals surface area contributed by atoms with Gasteiger partial charge in [-0.2, -0.15) is 5.10 Å². The van der Waals surface area contributed by atoms with Gasteiger partial charge in [0.15, 0.2) is 0 Å². The van der Waals surface area contributed by atoms with Crippen molar-refractivity contribution < 1.29 is 8.42 Å². The monoisotopic (exact) mass is 328 g/mol. The molecule has 0 aliphatic rings. The van der Waals surface area contributed by atoms with Gasteiger partial charge in [-0.25, -0.2) is 13.1 Å². The lowest BCUT2D eigenvalue weighted by atomic mass is 10.1. The van der Waals surface area contributed by atoms with Crippen LogP contribution in [0.2, 0.25) is 5.02 Å². The number of nitrogens with one attached hydrogen (secondary N) is 1. The van der Waals surface area contributed by atoms with Crippen molar-refractivity contribution in [2.45, 2.75) is 24.4 Å². The minimum Gasteiger partial charge on any atom is -0.329 e. The van der Waals surface area contributed by atoms with E-state index < -0.39 is 10.0 Å². The molecule has 6 nitrogen and oxygen atoms in total. The molecule has 0 aliphatic heterocycles. The molecular formula is C13H17ClN4O2S. The van der Waals surface area contributed by atoms with Gasteiger partial charge >= 0.3 is 0 Å². The number of aromatic nitrogens is 2. The van der Waals surface area contributed by atoms with E-state index in [2.05, 4.69) is 9.82 Å². The second-order valence-corrected chi connectivity index (χ2v) is 6.77. The Morgan fingerprint density at radius 3 is 2.67 bits per heavy atom. The Hall–Kier alpha value is -1.41. The average molecular weight is 329 g/mol. The summed E-state index contributed by atoms with van der Waals surface area (Å²) in [5.41, 5.74) is 6.24. The number of nitrogens with two attached hydrogens (primary N) is 1. The molecule has 1 aromatic carbocycles. The summed E-state index contributed by atoms with van der Waals surface area (Å²) in [5, 5.41) is 4.57. The van der Waals surface area contributed by atoms with Crippen LogP contribution < -0.4 is 10.5 Å². The van der Waals surface area contributed by atoms with Crippen LogP contribution in [0.4, 0.5) is 0 Å². The number of sulfonamides is 1. The SMILES string of the molecule is CC(NS(=O)(=O)c1cnn(CCN)c1)c1ccc(Cl)cc1. The Balaban J connectivity index is 2.14. The Labute approximate surface area is 129 Å². The zero-order valence-electron chi connectivity index (χ0n) is 11.5. The molecule has 0 aliphatic carbocycles. The first-order chi connectivity index (χ1) is 9.92. The highest BCUT2D eigenvalue weighted by Gasteiger charge is 2.20. The van der Waals surface area contributed by atoms with E-state index in [9.17, 15) is 8.42 Å². The largest absolute Gasteiger partial charge is 0.329 e. The second kappa shape index (κ2) is 6.57. The molecule has 21 heavy (non-hydrogen) atoms. The first-order valence-corrected chi connectivity index (χ1v) is 8.29. The molecule has 1 atom stereocenters. The highest BCUT2D eigenvalue weighted by Crippen LogP contribution is 2.18. The van der Waals surface area contributed by atoms with Crippen LogP contribution in [-0.4, -0.2) is 24.7 Å². The maximum atomic E-state index is 12.3. The zero-order chi connectivity index (χ0) is 15.5. The van der Waals surface area contributed by atoms with E-state index >= 15 is 0 Å². The molecule has 1 heterocycles. The fraction of sp³-hybridized carbons (Fsp3) is 0.308. The Morgan fingerprint density at radius 2 is 2.05 bits per heavy atom. The van der Waals surface area contributed by atoms with Gasteiger partial charge in [0.25, 0.3) is 0 Å². The van der Waals surface area contributed by atoms with Crippen molar-refractivity contribution in [1.82, 2.24) is 14.5 Å². The molecular weight excluding hydrogens is 312 g/mol. The predicted molar refractivity (Wildman–Crippen MR) is 81.5 cm³/mol. The lowest BCUT2D eigenvalue weighted by Crippen LogP contribution is -2.26. The van der Waals surface area contributed by atoms with Gasteiger partial charge in [-0.15, -0.1) is 0 Å². The predicted octanol–water partition coefficient (Wildman–Crippen LogP) is 1.53. The van der Waals surface area contributed by atoms with Crippen LogP contribution in [0.25, 0.3) is 0 Å². The van der Waals surface area contributed by atoms with Crippen molar-refractivity contribution in [1.29, 1.82) is 0 Å². The third kappa shape index (κ3) is 4.04. The highest BCUT2D eigenvalue weighted by molar-refractivity contribution is 7.89. The number of hydrogen-bond donors (Lipinski definition) is 2. The van der Waals surface area contributed by atoms with E-state index in [1.165, 1.54) is 17.1 Å². The molecule has 0 bridgehead atoms. The second-order valence-electron chi connectivity index (χ2n) is 4.62. The number of nitrogens with zero attached hydrogens (tertiary/aromatic N) is 2. The van der Waals surface area contributed by atoms with Crippen LogP contribution in [0.3, 0.4) is 0 Å². The van der Waals surface area contributed by atoms with Crippen LogP contribution in [-0.2, 0) is 16.6 Å². The van der Waals surface area contributed by atoms with Crippen LogP contribution in [0.15, 0.2) is 41.6 Å². The first kappa shape index (κ1) is 16.0. The summed E-state index contributed by atoms with van der Waals surface area (Å²) in [6, 6.07) is 6.65. The van der Waals surface area contributed by atoms with Crippen molar-refractivity contribution in [2.75, 3.05) is 6.54 Å². The normalized spacial score (nSPS) is 13.3. The standard InChI is InChI=1S/C13H17ClN4O2S/c1-10(11-2-4-12(14)5-3-11)17-21(19,20)13-8-16-18(9-13)7-6-15/h2-5,8-10,17H,6-7,15H2,1H3. The van der Waals surface area contributed by atoms with Crippen molar-refractivity contribution in [3.8, 4) is 0 Å². The molecule has 0 amide bonds. The van der Waals surface area contributed by atoms with Gasteiger partial charge in [0.1, 0.15) is 4.90 Å². The quantitative estimate of drug-likeness (QED) is 0.841. The lowest BCUT2D eigenvalue weighted by molar-refractivity contribution is 0.566. The van der Waals surface area contributed by atoms with Gasteiger partial charge < -0.3 is 5.73 Å². The van der Waals surface area contributed by atoms with Crippen LogP contribution >= 0.6 is 11.6 Å². The summed E-state index contributed by atoms with van der Waals surface area (Å²) < 4.78 is 28.7. The Kier molecular flexibility index (Phi) is 5.00. The molecule has 0 fully saturated rings. The summed E-state index contributed by atoms with van der Waals surface area (Å²) in [7, 11) is -3.62. The minimum absolute atomic E-state index is 0.122. The molecule has 0 radical (unpaired) electrons. The maximum absolute atomic E-state index is 12.3. The molecule has 8 heteroatoms. The Bertz CT molecular complexity index is 697. The summed E-state index contributed by atoms with van der Waals surface area (Å²) in [4.78, 5) is 0.122. The number of halogens is 1. The van der Waals surface area contributed by atoms with Crippen LogP contribution in [0, 0.1) is 0 Å². The first-order valence-electron chi connectivity index (χ1n) is 6.42. The van der Waals surface area contributed by atoms with Gasteiger partial charge in [-0.1, -0.05) is 23.7 Å². The summed E-state index contributed by atoms with van der Waals surface area (Å²) in [6.45, 7) is 2.64. The molecule has 0 saturated heterocycles. The molecule has 3 N–H and O–H groups in total. The minimum atomic E-state index is -3.62. The number of rotatable bonds is 6. The van der Waals surface area contributed by atoms with Gasteiger partial charge in [0.05, 0.1) is 12.7 Å². The third-order valence-electron chi connectivity index (χ3n) is 2.98. The maximum Gasteiger partial charge on any atom is 0.244 e. The summed E-state index contributed by atoms with van der Waals surface area (Å²) in [6.07, 6.45) is 2.77. The molecule has 2 rings (SSSR count). The zero-order valence-corrected chi connectivity index (χ0v) is 13.1. The van der Waals surface area contributed by atoms with E-state index in [-0.39, 0.29) is 10.9 Å². The van der Waals surface area contributed by atoms with Gasteiger partial charge in [-0.05, 0) is 24.6 Å². The highest BCUT2D eigenvalue weighted by atomic mass is 35.5. The van der Waals surface area contributed by atoms with Crippen molar-refractivity contribution in [2.24, 2.45) is 5.73 Å². The van der Waals surface area contributed by atoms with E-state index in [1.54, 1.807) is 31.2 Å². The van der Waals surface area contributed by atoms with Crippen molar-refractivity contribution >= 4 is 21.6 Å². The van der Waals surface area contributed by atoms with Crippen LogP contribution in [0.1, 0.15) is 18.5 Å². The van der Waals surface area contributed by atoms with Gasteiger partial charge in [0.2, 0.25) is 10.0 Å². The molecule has 2 aromatic rings. The van der Waals surface area contributed by atoms with E-state index in [4.69, 9.17) is 17.3 Å². The Morgan fingerprint density at radius 1 is 1.38 bits per heavy atom.